The summed E-state index contributed by atoms with van der Waals surface area (Å²) >= 11 is 0. The van der Waals surface area contributed by atoms with Crippen LogP contribution in [0.3, 0.4) is 0 Å². The van der Waals surface area contributed by atoms with Gasteiger partial charge in [0, 0.05) is 67.5 Å². The minimum absolute atomic E-state index is 0.410. The third-order valence-electron chi connectivity index (χ3n) is 7.92. The van der Waals surface area contributed by atoms with E-state index in [4.69, 9.17) is 9.72 Å². The molecule has 0 atom stereocenters. The maximum atomic E-state index is 5.54. The molecule has 190 valence electrons. The Bertz CT molecular complexity index is 1540. The first-order valence-corrected chi connectivity index (χ1v) is 13.1. The van der Waals surface area contributed by atoms with E-state index in [0.29, 0.717) is 12.1 Å². The van der Waals surface area contributed by atoms with Crippen LogP contribution in [0, 0.1) is 0 Å². The van der Waals surface area contributed by atoms with Gasteiger partial charge in [-0.2, -0.15) is 10.2 Å². The average molecular weight is 498 g/mol. The molecule has 10 nitrogen and oxygen atoms in total. The minimum Gasteiger partial charge on any atom is -0.379 e. The quantitative estimate of drug-likeness (QED) is 0.382. The predicted molar refractivity (Wildman–Crippen MR) is 142 cm³/mol. The van der Waals surface area contributed by atoms with E-state index in [-0.39, 0.29) is 0 Å². The van der Waals surface area contributed by atoms with Crippen molar-refractivity contribution in [1.29, 1.82) is 0 Å². The summed E-state index contributed by atoms with van der Waals surface area (Å²) in [6.45, 7) is 3.85. The zero-order valence-electron chi connectivity index (χ0n) is 21.0. The van der Waals surface area contributed by atoms with Crippen molar-refractivity contribution in [2.45, 2.75) is 37.8 Å². The van der Waals surface area contributed by atoms with Crippen LogP contribution in [0.15, 0.2) is 49.4 Å². The van der Waals surface area contributed by atoms with E-state index in [2.05, 4.69) is 42.5 Å². The highest BCUT2D eigenvalue weighted by atomic mass is 16.5. The molecular formula is C27H31N9O. The Morgan fingerprint density at radius 3 is 2.68 bits per heavy atom. The van der Waals surface area contributed by atoms with Crippen LogP contribution in [0.2, 0.25) is 0 Å². The Morgan fingerprint density at radius 1 is 1.00 bits per heavy atom. The summed E-state index contributed by atoms with van der Waals surface area (Å²) < 4.78 is 9.26. The van der Waals surface area contributed by atoms with Crippen molar-refractivity contribution in [3.63, 3.8) is 0 Å². The maximum Gasteiger partial charge on any atom is 0.143 e. The van der Waals surface area contributed by atoms with Crippen LogP contribution in [-0.4, -0.2) is 77.6 Å². The van der Waals surface area contributed by atoms with Crippen LogP contribution in [0.4, 0.5) is 5.82 Å². The van der Waals surface area contributed by atoms with Gasteiger partial charge in [0.1, 0.15) is 17.8 Å². The lowest BCUT2D eigenvalue weighted by molar-refractivity contribution is 0.00791. The molecule has 5 aromatic rings. The topological polar surface area (TPSA) is 101 Å². The number of hydrogen-bond donors (Lipinski definition) is 2. The van der Waals surface area contributed by atoms with E-state index in [1.807, 2.05) is 47.2 Å². The summed E-state index contributed by atoms with van der Waals surface area (Å²) in [5.74, 6) is 0.900. The molecule has 0 unspecified atom stereocenters. The lowest BCUT2D eigenvalue weighted by Gasteiger charge is -2.39. The summed E-state index contributed by atoms with van der Waals surface area (Å²) in [5, 5.41) is 13.7. The van der Waals surface area contributed by atoms with E-state index in [9.17, 15) is 0 Å². The molecule has 0 amide bonds. The Morgan fingerprint density at radius 2 is 1.86 bits per heavy atom. The first-order valence-electron chi connectivity index (χ1n) is 13.1. The standard InChI is InChI=1S/C27H31N9O/c1-34-16-19(13-31-34)22-15-32-36-7-6-18(12-24(22)36)23-14-28-26-25(23)27(30-17-29-26)33-20-2-4-21(5-3-20)35-8-10-37-11-9-35/h6-7,12-17,20-21H,2-5,8-11H2,1H3,(H2,28,29,30,33)/t20-,21-. The number of aryl methyl sites for hydroxylation is 1. The molecule has 2 aliphatic rings. The summed E-state index contributed by atoms with van der Waals surface area (Å²) in [5.41, 5.74) is 6.16. The highest BCUT2D eigenvalue weighted by molar-refractivity contribution is 6.01. The Kier molecular flexibility index (Phi) is 5.63. The molecule has 7 rings (SSSR count). The Hall–Kier alpha value is -3.76. The molecule has 37 heavy (non-hydrogen) atoms. The molecule has 0 spiro atoms. The van der Waals surface area contributed by atoms with E-state index < -0.39 is 0 Å². The maximum absolute atomic E-state index is 5.54. The fourth-order valence-electron chi connectivity index (χ4n) is 5.95. The molecule has 0 radical (unpaired) electrons. The summed E-state index contributed by atoms with van der Waals surface area (Å²) in [7, 11) is 1.93. The third-order valence-corrected chi connectivity index (χ3v) is 7.92. The number of nitrogens with one attached hydrogen (secondary N) is 2. The summed E-state index contributed by atoms with van der Waals surface area (Å²) in [6.07, 6.45) is 16.2. The van der Waals surface area contributed by atoms with Crippen molar-refractivity contribution in [2.24, 2.45) is 7.05 Å². The number of rotatable bonds is 5. The largest absolute Gasteiger partial charge is 0.379 e. The molecular weight excluding hydrogens is 466 g/mol. The number of nitrogens with zero attached hydrogens (tertiary/aromatic N) is 7. The number of pyridine rings is 1. The zero-order valence-corrected chi connectivity index (χ0v) is 21.0. The van der Waals surface area contributed by atoms with Crippen molar-refractivity contribution in [1.82, 2.24) is 39.2 Å². The van der Waals surface area contributed by atoms with Gasteiger partial charge in [0.15, 0.2) is 0 Å². The van der Waals surface area contributed by atoms with Gasteiger partial charge < -0.3 is 15.0 Å². The van der Waals surface area contributed by atoms with Crippen LogP contribution in [0.25, 0.3) is 38.8 Å². The van der Waals surface area contributed by atoms with Crippen LogP contribution >= 0.6 is 0 Å². The Labute approximate surface area is 214 Å². The monoisotopic (exact) mass is 497 g/mol. The number of hydrogen-bond acceptors (Lipinski definition) is 7. The normalized spacial score (nSPS) is 21.1. The minimum atomic E-state index is 0.410. The molecule has 2 fully saturated rings. The smallest absolute Gasteiger partial charge is 0.143 e. The molecule has 10 heteroatoms. The second-order valence-corrected chi connectivity index (χ2v) is 10.2. The molecule has 0 aromatic carbocycles. The second-order valence-electron chi connectivity index (χ2n) is 10.2. The first kappa shape index (κ1) is 22.4. The van der Waals surface area contributed by atoms with Crippen molar-refractivity contribution in [3.8, 4) is 22.3 Å². The molecule has 1 saturated carbocycles. The molecule has 2 N–H and O–H groups in total. The van der Waals surface area contributed by atoms with Crippen molar-refractivity contribution >= 4 is 22.4 Å². The number of anilines is 1. The van der Waals surface area contributed by atoms with Gasteiger partial charge in [0.25, 0.3) is 0 Å². The lowest BCUT2D eigenvalue weighted by Crippen LogP contribution is -2.46. The van der Waals surface area contributed by atoms with Gasteiger partial charge in [-0.3, -0.25) is 9.58 Å². The fourth-order valence-corrected chi connectivity index (χ4v) is 5.95. The number of fused-ring (bicyclic) bond motifs is 2. The molecule has 1 aliphatic heterocycles. The van der Waals surface area contributed by atoms with Crippen LogP contribution in [-0.2, 0) is 11.8 Å². The van der Waals surface area contributed by atoms with Crippen LogP contribution < -0.4 is 5.32 Å². The molecule has 1 saturated heterocycles. The van der Waals surface area contributed by atoms with Gasteiger partial charge in [0.05, 0.1) is 36.5 Å². The lowest BCUT2D eigenvalue weighted by atomic mass is 9.90. The SMILES string of the molecule is Cn1cc(-c2cnn3ccc(-c4c[nH]c5ncnc(N[C@H]6CC[C@H](N7CCOCC7)CC6)c45)cc23)cn1. The van der Waals surface area contributed by atoms with Gasteiger partial charge in [0.2, 0.25) is 0 Å². The van der Waals surface area contributed by atoms with Gasteiger partial charge in [-0.1, -0.05) is 0 Å². The van der Waals surface area contributed by atoms with E-state index in [1.165, 1.54) is 12.8 Å². The van der Waals surface area contributed by atoms with Crippen molar-refractivity contribution < 1.29 is 4.74 Å². The Balaban J connectivity index is 1.17. The molecule has 5 aromatic heterocycles. The third kappa shape index (κ3) is 4.15. The van der Waals surface area contributed by atoms with Gasteiger partial charge in [-0.05, 0) is 43.4 Å². The highest BCUT2D eigenvalue weighted by Crippen LogP contribution is 2.35. The summed E-state index contributed by atoms with van der Waals surface area (Å²) in [4.78, 5) is 15.2. The predicted octanol–water partition coefficient (Wildman–Crippen LogP) is 3.73. The van der Waals surface area contributed by atoms with Gasteiger partial charge in [-0.15, -0.1) is 0 Å². The van der Waals surface area contributed by atoms with Crippen molar-refractivity contribution in [2.75, 3.05) is 31.6 Å². The van der Waals surface area contributed by atoms with E-state index >= 15 is 0 Å². The number of morpholine rings is 1. The van der Waals surface area contributed by atoms with Gasteiger partial charge >= 0.3 is 0 Å². The van der Waals surface area contributed by atoms with Crippen molar-refractivity contribution in [3.05, 3.63) is 49.4 Å². The second kappa shape index (κ2) is 9.28. The molecule has 1 aliphatic carbocycles. The average Bonchev–Trinajstić information content (AvgIpc) is 3.67. The fraction of sp³-hybridized carbons (Fsp3) is 0.407. The van der Waals surface area contributed by atoms with Crippen LogP contribution in [0.5, 0.6) is 0 Å². The zero-order chi connectivity index (χ0) is 24.8. The number of aromatic amines is 1. The van der Waals surface area contributed by atoms with Crippen LogP contribution in [0.1, 0.15) is 25.7 Å². The van der Waals surface area contributed by atoms with E-state index in [0.717, 1.165) is 83.8 Å². The highest BCUT2D eigenvalue weighted by Gasteiger charge is 2.27. The number of ether oxygens (including phenoxy) is 1. The molecule has 6 heterocycles. The summed E-state index contributed by atoms with van der Waals surface area (Å²) in [6, 6.07) is 5.36. The molecule has 0 bridgehead atoms. The number of H-pyrrole nitrogens is 1. The van der Waals surface area contributed by atoms with E-state index in [1.54, 1.807) is 6.33 Å². The number of aromatic nitrogens is 7. The van der Waals surface area contributed by atoms with Gasteiger partial charge in [-0.25, -0.2) is 14.5 Å². The first-order chi connectivity index (χ1) is 18.2.